The zero-order valence-electron chi connectivity index (χ0n) is 10.7. The van der Waals surface area contributed by atoms with Gasteiger partial charge in [0.2, 0.25) is 0 Å². The van der Waals surface area contributed by atoms with E-state index in [9.17, 15) is 9.59 Å². The largest absolute Gasteiger partial charge is 0.364 e. The minimum atomic E-state index is -0.637. The molecule has 0 aliphatic rings. The third-order valence-corrected chi connectivity index (χ3v) is 3.12. The molecule has 1 heterocycles. The van der Waals surface area contributed by atoms with Crippen LogP contribution in [0.4, 0.5) is 5.69 Å². The molecule has 2 aromatic rings. The number of primary amides is 1. The standard InChI is InChI=1S/C14H12ClN3O2/c1-8-2-4-10(6-11(8)15)18-14(20)9-3-5-12(13(16)19)17-7-9/h2-7H,1H3,(H2,16,19)(H,18,20). The van der Waals surface area contributed by atoms with E-state index in [0.717, 1.165) is 5.56 Å². The summed E-state index contributed by atoms with van der Waals surface area (Å²) in [5.41, 5.74) is 7.03. The fraction of sp³-hybridized carbons (Fsp3) is 0.0714. The Hall–Kier alpha value is -2.40. The number of nitrogens with two attached hydrogens (primary N) is 1. The second-order valence-corrected chi connectivity index (χ2v) is 4.62. The molecule has 1 aromatic carbocycles. The highest BCUT2D eigenvalue weighted by Gasteiger charge is 2.09. The third-order valence-electron chi connectivity index (χ3n) is 2.71. The van der Waals surface area contributed by atoms with Gasteiger partial charge in [-0.2, -0.15) is 0 Å². The van der Waals surface area contributed by atoms with Crippen molar-refractivity contribution < 1.29 is 9.59 Å². The van der Waals surface area contributed by atoms with Gasteiger partial charge in [-0.15, -0.1) is 0 Å². The van der Waals surface area contributed by atoms with Gasteiger partial charge >= 0.3 is 0 Å². The average Bonchev–Trinajstić information content (AvgIpc) is 2.43. The fourth-order valence-electron chi connectivity index (χ4n) is 1.55. The van der Waals surface area contributed by atoms with Crippen molar-refractivity contribution >= 4 is 29.1 Å². The van der Waals surface area contributed by atoms with Crippen molar-refractivity contribution in [1.29, 1.82) is 0 Å². The van der Waals surface area contributed by atoms with Crippen LogP contribution in [0, 0.1) is 6.92 Å². The normalized spacial score (nSPS) is 10.1. The number of anilines is 1. The molecular formula is C14H12ClN3O2. The van der Waals surface area contributed by atoms with Gasteiger partial charge < -0.3 is 11.1 Å². The van der Waals surface area contributed by atoms with Gasteiger partial charge in [0.1, 0.15) is 5.69 Å². The number of hydrogen-bond donors (Lipinski definition) is 2. The average molecular weight is 290 g/mol. The Morgan fingerprint density at radius 3 is 2.55 bits per heavy atom. The molecule has 0 radical (unpaired) electrons. The Labute approximate surface area is 120 Å². The molecule has 0 bridgehead atoms. The first-order valence-electron chi connectivity index (χ1n) is 5.81. The number of aryl methyl sites for hydroxylation is 1. The number of nitrogens with one attached hydrogen (secondary N) is 1. The summed E-state index contributed by atoms with van der Waals surface area (Å²) in [4.78, 5) is 26.7. The number of aromatic nitrogens is 1. The Morgan fingerprint density at radius 2 is 2.00 bits per heavy atom. The van der Waals surface area contributed by atoms with Gasteiger partial charge in [0.15, 0.2) is 0 Å². The SMILES string of the molecule is Cc1ccc(NC(=O)c2ccc(C(N)=O)nc2)cc1Cl. The van der Waals surface area contributed by atoms with Crippen molar-refractivity contribution in [2.24, 2.45) is 5.73 Å². The van der Waals surface area contributed by atoms with Crippen LogP contribution in [0.5, 0.6) is 0 Å². The van der Waals surface area contributed by atoms with Crippen LogP contribution in [-0.2, 0) is 0 Å². The van der Waals surface area contributed by atoms with E-state index < -0.39 is 5.91 Å². The second kappa shape index (κ2) is 5.71. The van der Waals surface area contributed by atoms with Crippen molar-refractivity contribution in [2.75, 3.05) is 5.32 Å². The molecule has 0 unspecified atom stereocenters. The van der Waals surface area contributed by atoms with E-state index in [1.54, 1.807) is 12.1 Å². The van der Waals surface area contributed by atoms with Gasteiger partial charge in [0.05, 0.1) is 5.56 Å². The van der Waals surface area contributed by atoms with Crippen molar-refractivity contribution in [3.63, 3.8) is 0 Å². The number of pyridine rings is 1. The van der Waals surface area contributed by atoms with Crippen LogP contribution < -0.4 is 11.1 Å². The summed E-state index contributed by atoms with van der Waals surface area (Å²) >= 11 is 5.98. The lowest BCUT2D eigenvalue weighted by atomic mass is 10.2. The van der Waals surface area contributed by atoms with E-state index in [2.05, 4.69) is 10.3 Å². The maximum atomic E-state index is 12.0. The molecule has 0 spiro atoms. The first kappa shape index (κ1) is 14.0. The Bertz CT molecular complexity index is 669. The minimum Gasteiger partial charge on any atom is -0.364 e. The molecule has 5 nitrogen and oxygen atoms in total. The van der Waals surface area contributed by atoms with Crippen molar-refractivity contribution in [1.82, 2.24) is 4.98 Å². The van der Waals surface area contributed by atoms with E-state index in [-0.39, 0.29) is 11.6 Å². The number of halogens is 1. The summed E-state index contributed by atoms with van der Waals surface area (Å²) in [6.45, 7) is 1.88. The van der Waals surface area contributed by atoms with Gasteiger partial charge in [0.25, 0.3) is 11.8 Å². The van der Waals surface area contributed by atoms with Gasteiger partial charge in [-0.25, -0.2) is 0 Å². The van der Waals surface area contributed by atoms with E-state index >= 15 is 0 Å². The lowest BCUT2D eigenvalue weighted by Gasteiger charge is -2.07. The molecule has 2 rings (SSSR count). The van der Waals surface area contributed by atoms with Crippen LogP contribution in [0.15, 0.2) is 36.5 Å². The molecule has 6 heteroatoms. The molecule has 0 saturated carbocycles. The molecule has 102 valence electrons. The van der Waals surface area contributed by atoms with Crippen LogP contribution in [-0.4, -0.2) is 16.8 Å². The molecule has 3 N–H and O–H groups in total. The summed E-state index contributed by atoms with van der Waals surface area (Å²) in [6.07, 6.45) is 1.30. The Balaban J connectivity index is 2.15. The molecule has 1 aromatic heterocycles. The van der Waals surface area contributed by atoms with Crippen molar-refractivity contribution in [2.45, 2.75) is 6.92 Å². The Kier molecular flexibility index (Phi) is 4.00. The van der Waals surface area contributed by atoms with Gasteiger partial charge in [-0.3, -0.25) is 14.6 Å². The summed E-state index contributed by atoms with van der Waals surface area (Å²) in [5, 5.41) is 3.27. The molecule has 0 saturated heterocycles. The maximum absolute atomic E-state index is 12.0. The van der Waals surface area contributed by atoms with Gasteiger partial charge in [-0.1, -0.05) is 17.7 Å². The smallest absolute Gasteiger partial charge is 0.267 e. The van der Waals surface area contributed by atoms with E-state index in [1.165, 1.54) is 18.3 Å². The first-order chi connectivity index (χ1) is 9.47. The number of benzene rings is 1. The second-order valence-electron chi connectivity index (χ2n) is 4.21. The number of nitrogens with zero attached hydrogens (tertiary/aromatic N) is 1. The first-order valence-corrected chi connectivity index (χ1v) is 6.18. The van der Waals surface area contributed by atoms with Crippen LogP contribution in [0.1, 0.15) is 26.4 Å². The quantitative estimate of drug-likeness (QED) is 0.910. The van der Waals surface area contributed by atoms with Crippen LogP contribution >= 0.6 is 11.6 Å². The number of amides is 2. The van der Waals surface area contributed by atoms with Gasteiger partial charge in [0, 0.05) is 16.9 Å². The zero-order valence-corrected chi connectivity index (χ0v) is 11.4. The van der Waals surface area contributed by atoms with E-state index in [4.69, 9.17) is 17.3 Å². The molecule has 0 fully saturated rings. The third kappa shape index (κ3) is 3.13. The summed E-state index contributed by atoms with van der Waals surface area (Å²) < 4.78 is 0. The number of carbonyl (C=O) groups is 2. The molecular weight excluding hydrogens is 278 g/mol. The highest BCUT2D eigenvalue weighted by Crippen LogP contribution is 2.20. The predicted octanol–water partition coefficient (Wildman–Crippen LogP) is 2.39. The molecule has 0 atom stereocenters. The number of rotatable bonds is 3. The van der Waals surface area contributed by atoms with Gasteiger partial charge in [-0.05, 0) is 36.8 Å². The van der Waals surface area contributed by atoms with Crippen molar-refractivity contribution in [3.8, 4) is 0 Å². The molecule has 2 amide bonds. The van der Waals surface area contributed by atoms with E-state index in [0.29, 0.717) is 16.3 Å². The Morgan fingerprint density at radius 1 is 1.25 bits per heavy atom. The highest BCUT2D eigenvalue weighted by atomic mass is 35.5. The molecule has 0 aliphatic carbocycles. The number of hydrogen-bond acceptors (Lipinski definition) is 3. The maximum Gasteiger partial charge on any atom is 0.267 e. The number of carbonyl (C=O) groups excluding carboxylic acids is 2. The minimum absolute atomic E-state index is 0.111. The summed E-state index contributed by atoms with van der Waals surface area (Å²) in [7, 11) is 0. The lowest BCUT2D eigenvalue weighted by Crippen LogP contribution is -2.15. The molecule has 0 aliphatic heterocycles. The molecule has 20 heavy (non-hydrogen) atoms. The predicted molar refractivity (Wildman–Crippen MR) is 76.9 cm³/mol. The summed E-state index contributed by atoms with van der Waals surface area (Å²) in [6, 6.07) is 8.12. The van der Waals surface area contributed by atoms with Crippen LogP contribution in [0.25, 0.3) is 0 Å². The summed E-state index contributed by atoms with van der Waals surface area (Å²) in [5.74, 6) is -0.976. The van der Waals surface area contributed by atoms with E-state index in [1.807, 2.05) is 13.0 Å². The van der Waals surface area contributed by atoms with Crippen LogP contribution in [0.2, 0.25) is 5.02 Å². The highest BCUT2D eigenvalue weighted by molar-refractivity contribution is 6.31. The monoisotopic (exact) mass is 289 g/mol. The zero-order chi connectivity index (χ0) is 14.7. The van der Waals surface area contributed by atoms with Crippen molar-refractivity contribution in [3.05, 3.63) is 58.4 Å². The lowest BCUT2D eigenvalue weighted by molar-refractivity contribution is 0.0990. The van der Waals surface area contributed by atoms with Crippen LogP contribution in [0.3, 0.4) is 0 Å². The topological polar surface area (TPSA) is 85.1 Å². The fourth-order valence-corrected chi connectivity index (χ4v) is 1.73.